The van der Waals surface area contributed by atoms with Gasteiger partial charge in [-0.15, -0.1) is 0 Å². The zero-order chi connectivity index (χ0) is 16.3. The van der Waals surface area contributed by atoms with Crippen molar-refractivity contribution >= 4 is 10.1 Å². The van der Waals surface area contributed by atoms with Crippen LogP contribution in [0.1, 0.15) is 19.9 Å². The Balaban J connectivity index is 2.44. The smallest absolute Gasteiger partial charge is 0.356 e. The zero-order valence-electron chi connectivity index (χ0n) is 12.8. The third kappa shape index (κ3) is 3.01. The maximum atomic E-state index is 12.5. The van der Waals surface area contributed by atoms with Crippen LogP contribution >= 0.6 is 0 Å². The van der Waals surface area contributed by atoms with Crippen molar-refractivity contribution in [3.05, 3.63) is 30.5 Å². The van der Waals surface area contributed by atoms with Gasteiger partial charge in [-0.05, 0) is 32.0 Å². The fourth-order valence-corrected chi connectivity index (χ4v) is 3.14. The molecule has 0 fully saturated rings. The van der Waals surface area contributed by atoms with Gasteiger partial charge in [0.2, 0.25) is 5.75 Å². The number of nitrogens with zero attached hydrogens (tertiary/aromatic N) is 2. The predicted octanol–water partition coefficient (Wildman–Crippen LogP) is 2.25. The van der Waals surface area contributed by atoms with Crippen molar-refractivity contribution in [2.45, 2.75) is 24.9 Å². The van der Waals surface area contributed by atoms with Crippen LogP contribution in [0.2, 0.25) is 0 Å². The number of hydrogen-bond acceptors (Lipinski definition) is 6. The second-order valence-corrected chi connectivity index (χ2v) is 6.23. The summed E-state index contributed by atoms with van der Waals surface area (Å²) in [6, 6.07) is 6.04. The Bertz CT molecular complexity index is 752. The van der Waals surface area contributed by atoms with Crippen molar-refractivity contribution in [2.75, 3.05) is 14.2 Å². The fraction of sp³-hybridized carbons (Fsp3) is 0.357. The average molecular weight is 326 g/mol. The second kappa shape index (κ2) is 6.27. The predicted molar refractivity (Wildman–Crippen MR) is 80.0 cm³/mol. The van der Waals surface area contributed by atoms with Crippen molar-refractivity contribution in [2.24, 2.45) is 0 Å². The SMILES string of the molecule is COc1cccc(OS(=O)(=O)c2ccnn2C(C)C)c1OC. The van der Waals surface area contributed by atoms with Crippen molar-refractivity contribution in [1.29, 1.82) is 0 Å². The van der Waals surface area contributed by atoms with Gasteiger partial charge in [-0.1, -0.05) is 6.07 Å². The van der Waals surface area contributed by atoms with Gasteiger partial charge in [0, 0.05) is 6.04 Å². The van der Waals surface area contributed by atoms with Crippen LogP contribution in [0.5, 0.6) is 17.2 Å². The van der Waals surface area contributed by atoms with Crippen LogP contribution in [-0.2, 0) is 10.1 Å². The first-order valence-electron chi connectivity index (χ1n) is 6.59. The molecule has 0 unspecified atom stereocenters. The van der Waals surface area contributed by atoms with Crippen molar-refractivity contribution in [1.82, 2.24) is 9.78 Å². The second-order valence-electron chi connectivity index (χ2n) is 4.74. The molecular weight excluding hydrogens is 308 g/mol. The van der Waals surface area contributed by atoms with Gasteiger partial charge in [0.05, 0.1) is 20.4 Å². The van der Waals surface area contributed by atoms with Gasteiger partial charge in [0.15, 0.2) is 16.5 Å². The van der Waals surface area contributed by atoms with Crippen LogP contribution in [0, 0.1) is 0 Å². The molecule has 8 heteroatoms. The zero-order valence-corrected chi connectivity index (χ0v) is 13.6. The molecule has 0 spiro atoms. The van der Waals surface area contributed by atoms with Crippen LogP contribution in [0.4, 0.5) is 0 Å². The number of ether oxygens (including phenoxy) is 2. The summed E-state index contributed by atoms with van der Waals surface area (Å²) in [7, 11) is -1.16. The number of para-hydroxylation sites is 1. The van der Waals surface area contributed by atoms with E-state index in [9.17, 15) is 8.42 Å². The van der Waals surface area contributed by atoms with E-state index in [2.05, 4.69) is 5.10 Å². The number of rotatable bonds is 6. The van der Waals surface area contributed by atoms with E-state index < -0.39 is 10.1 Å². The minimum atomic E-state index is -4.04. The first kappa shape index (κ1) is 16.2. The Morgan fingerprint density at radius 1 is 1.09 bits per heavy atom. The fourth-order valence-electron chi connectivity index (χ4n) is 1.97. The van der Waals surface area contributed by atoms with Crippen molar-refractivity contribution < 1.29 is 22.1 Å². The molecule has 120 valence electrons. The van der Waals surface area contributed by atoms with Crippen LogP contribution in [0.3, 0.4) is 0 Å². The van der Waals surface area contributed by atoms with Crippen molar-refractivity contribution in [3.8, 4) is 17.2 Å². The number of aromatic nitrogens is 2. The van der Waals surface area contributed by atoms with E-state index in [4.69, 9.17) is 13.7 Å². The summed E-state index contributed by atoms with van der Waals surface area (Å²) < 4.78 is 41.8. The molecule has 0 N–H and O–H groups in total. The van der Waals surface area contributed by atoms with Gasteiger partial charge in [0.1, 0.15) is 0 Å². The molecule has 22 heavy (non-hydrogen) atoms. The van der Waals surface area contributed by atoms with Gasteiger partial charge in [-0.2, -0.15) is 13.5 Å². The number of hydrogen-bond donors (Lipinski definition) is 0. The molecule has 0 aliphatic carbocycles. The lowest BCUT2D eigenvalue weighted by molar-refractivity contribution is 0.342. The Kier molecular flexibility index (Phi) is 4.60. The lowest BCUT2D eigenvalue weighted by Crippen LogP contribution is -2.17. The van der Waals surface area contributed by atoms with Gasteiger partial charge < -0.3 is 13.7 Å². The van der Waals surface area contributed by atoms with E-state index >= 15 is 0 Å². The minimum absolute atomic E-state index is 0.0210. The van der Waals surface area contributed by atoms with Crippen molar-refractivity contribution in [3.63, 3.8) is 0 Å². The van der Waals surface area contributed by atoms with Crippen LogP contribution in [-0.4, -0.2) is 32.4 Å². The molecule has 0 aliphatic rings. The lowest BCUT2D eigenvalue weighted by atomic mass is 10.3. The molecule has 1 aromatic carbocycles. The summed E-state index contributed by atoms with van der Waals surface area (Å²) in [4.78, 5) is 0. The highest BCUT2D eigenvalue weighted by Gasteiger charge is 2.25. The van der Waals surface area contributed by atoms with E-state index in [1.807, 2.05) is 13.8 Å². The topological polar surface area (TPSA) is 79.7 Å². The van der Waals surface area contributed by atoms with E-state index in [1.54, 1.807) is 12.1 Å². The Labute approximate surface area is 129 Å². The van der Waals surface area contributed by atoms with Gasteiger partial charge in [-0.25, -0.2) is 4.68 Å². The maximum absolute atomic E-state index is 12.5. The monoisotopic (exact) mass is 326 g/mol. The quantitative estimate of drug-likeness (QED) is 0.758. The molecular formula is C14H18N2O5S. The average Bonchev–Trinajstić information content (AvgIpc) is 2.97. The first-order chi connectivity index (χ1) is 10.4. The first-order valence-corrected chi connectivity index (χ1v) is 8.00. The normalized spacial score (nSPS) is 11.5. The molecule has 0 saturated carbocycles. The molecule has 7 nitrogen and oxygen atoms in total. The van der Waals surface area contributed by atoms with Crippen LogP contribution in [0.25, 0.3) is 0 Å². The summed E-state index contributed by atoms with van der Waals surface area (Å²) in [5.74, 6) is 0.648. The highest BCUT2D eigenvalue weighted by Crippen LogP contribution is 2.38. The molecule has 0 saturated heterocycles. The minimum Gasteiger partial charge on any atom is -0.493 e. The standard InChI is InChI=1S/C14H18N2O5S/c1-10(2)16-13(8-9-15-16)22(17,18)21-12-7-5-6-11(19-3)14(12)20-4/h5-10H,1-4H3. The molecule has 0 aliphatic heterocycles. The summed E-state index contributed by atoms with van der Waals surface area (Å²) >= 11 is 0. The van der Waals surface area contributed by atoms with Crippen LogP contribution < -0.4 is 13.7 Å². The van der Waals surface area contributed by atoms with E-state index in [1.165, 1.54) is 37.2 Å². The Hall–Kier alpha value is -2.22. The number of methoxy groups -OCH3 is 2. The van der Waals surface area contributed by atoms with Crippen LogP contribution in [0.15, 0.2) is 35.5 Å². The Morgan fingerprint density at radius 3 is 2.36 bits per heavy atom. The highest BCUT2D eigenvalue weighted by atomic mass is 32.2. The highest BCUT2D eigenvalue weighted by molar-refractivity contribution is 7.87. The van der Waals surface area contributed by atoms with Gasteiger partial charge >= 0.3 is 10.1 Å². The largest absolute Gasteiger partial charge is 0.493 e. The summed E-state index contributed by atoms with van der Waals surface area (Å²) in [5, 5.41) is 3.98. The maximum Gasteiger partial charge on any atom is 0.356 e. The summed E-state index contributed by atoms with van der Waals surface area (Å²) in [6.07, 6.45) is 1.42. The van der Waals surface area contributed by atoms with Gasteiger partial charge in [-0.3, -0.25) is 0 Å². The molecule has 1 heterocycles. The molecule has 0 atom stereocenters. The number of benzene rings is 1. The molecule has 2 aromatic rings. The molecule has 1 aromatic heterocycles. The third-order valence-corrected chi connectivity index (χ3v) is 4.18. The van der Waals surface area contributed by atoms with E-state index in [-0.39, 0.29) is 22.6 Å². The molecule has 2 rings (SSSR count). The van der Waals surface area contributed by atoms with Gasteiger partial charge in [0.25, 0.3) is 0 Å². The molecule has 0 amide bonds. The summed E-state index contributed by atoms with van der Waals surface area (Å²) in [6.45, 7) is 3.66. The van der Waals surface area contributed by atoms with E-state index in [0.717, 1.165) is 0 Å². The molecule has 0 bridgehead atoms. The lowest BCUT2D eigenvalue weighted by Gasteiger charge is -2.15. The molecule has 0 radical (unpaired) electrons. The third-order valence-electron chi connectivity index (χ3n) is 2.95. The summed E-state index contributed by atoms with van der Waals surface area (Å²) in [5.41, 5.74) is 0. The Morgan fingerprint density at radius 2 is 1.77 bits per heavy atom. The van der Waals surface area contributed by atoms with E-state index in [0.29, 0.717) is 5.75 Å².